The molecule has 0 aromatic heterocycles. The molecule has 3 aliphatic rings. The van der Waals surface area contributed by atoms with Gasteiger partial charge in [0.1, 0.15) is 5.75 Å². The van der Waals surface area contributed by atoms with E-state index in [1.807, 2.05) is 11.0 Å². The molecule has 2 heterocycles. The molecule has 4 rings (SSSR count). The second-order valence-electron chi connectivity index (χ2n) is 7.39. The van der Waals surface area contributed by atoms with Crippen LogP contribution in [0.3, 0.4) is 0 Å². The third-order valence-electron chi connectivity index (χ3n) is 5.61. The summed E-state index contributed by atoms with van der Waals surface area (Å²) in [7, 11) is 0. The monoisotopic (exact) mass is 379 g/mol. The summed E-state index contributed by atoms with van der Waals surface area (Å²) >= 11 is 6.13. The van der Waals surface area contributed by atoms with Gasteiger partial charge in [0.2, 0.25) is 0 Å². The first kappa shape index (κ1) is 17.9. The van der Waals surface area contributed by atoms with E-state index in [9.17, 15) is 4.79 Å². The zero-order valence-corrected chi connectivity index (χ0v) is 15.7. The molecule has 142 valence electrons. The largest absolute Gasteiger partial charge is 0.491 e. The lowest BCUT2D eigenvalue weighted by atomic mass is 9.86. The summed E-state index contributed by atoms with van der Waals surface area (Å²) in [6.07, 6.45) is 3.74. The van der Waals surface area contributed by atoms with Crippen LogP contribution >= 0.6 is 11.6 Å². The molecule has 1 aliphatic carbocycles. The van der Waals surface area contributed by atoms with Crippen molar-refractivity contribution in [1.82, 2.24) is 9.80 Å². The first-order valence-corrected chi connectivity index (χ1v) is 9.87. The van der Waals surface area contributed by atoms with Crippen LogP contribution in [0.2, 0.25) is 5.02 Å². The number of nitrogens with zero attached hydrogens (tertiary/aromatic N) is 2. The SMILES string of the molecule is O=C(Nc1cc(Cl)ccc1OCC1CCC1)N1CCN2CCOCC2C1. The van der Waals surface area contributed by atoms with E-state index in [0.29, 0.717) is 42.1 Å². The maximum absolute atomic E-state index is 12.8. The Balaban J connectivity index is 1.39. The van der Waals surface area contributed by atoms with Gasteiger partial charge in [0.25, 0.3) is 0 Å². The van der Waals surface area contributed by atoms with Gasteiger partial charge < -0.3 is 19.7 Å². The van der Waals surface area contributed by atoms with Crippen LogP contribution in [0.25, 0.3) is 0 Å². The predicted molar refractivity (Wildman–Crippen MR) is 101 cm³/mol. The van der Waals surface area contributed by atoms with Crippen molar-refractivity contribution in [2.24, 2.45) is 5.92 Å². The van der Waals surface area contributed by atoms with Gasteiger partial charge in [-0.25, -0.2) is 4.79 Å². The van der Waals surface area contributed by atoms with Crippen molar-refractivity contribution < 1.29 is 14.3 Å². The van der Waals surface area contributed by atoms with Crippen LogP contribution in [0.1, 0.15) is 19.3 Å². The summed E-state index contributed by atoms with van der Waals surface area (Å²) in [5.41, 5.74) is 0.643. The van der Waals surface area contributed by atoms with Crippen molar-refractivity contribution in [2.75, 3.05) is 51.3 Å². The zero-order chi connectivity index (χ0) is 17.9. The van der Waals surface area contributed by atoms with Crippen LogP contribution in [-0.4, -0.2) is 67.9 Å². The highest BCUT2D eigenvalue weighted by molar-refractivity contribution is 6.31. The number of anilines is 1. The highest BCUT2D eigenvalue weighted by Crippen LogP contribution is 2.32. The van der Waals surface area contributed by atoms with Crippen LogP contribution < -0.4 is 10.1 Å². The molecule has 0 radical (unpaired) electrons. The first-order chi connectivity index (χ1) is 12.7. The number of carbonyl (C=O) groups excluding carboxylic acids is 1. The number of fused-ring (bicyclic) bond motifs is 1. The maximum atomic E-state index is 12.8. The Kier molecular flexibility index (Phi) is 5.52. The van der Waals surface area contributed by atoms with Crippen molar-refractivity contribution >= 4 is 23.3 Å². The van der Waals surface area contributed by atoms with Gasteiger partial charge in [-0.2, -0.15) is 0 Å². The van der Waals surface area contributed by atoms with Gasteiger partial charge >= 0.3 is 6.03 Å². The van der Waals surface area contributed by atoms with E-state index in [4.69, 9.17) is 21.1 Å². The van der Waals surface area contributed by atoms with Crippen LogP contribution in [0, 0.1) is 5.92 Å². The third-order valence-corrected chi connectivity index (χ3v) is 5.84. The smallest absolute Gasteiger partial charge is 0.322 e. The van der Waals surface area contributed by atoms with E-state index in [0.717, 1.165) is 26.2 Å². The molecule has 1 aromatic carbocycles. The van der Waals surface area contributed by atoms with E-state index in [1.165, 1.54) is 19.3 Å². The van der Waals surface area contributed by atoms with E-state index in [-0.39, 0.29) is 12.1 Å². The molecule has 1 N–H and O–H groups in total. The normalized spacial score (nSPS) is 23.9. The number of carbonyl (C=O) groups is 1. The third kappa shape index (κ3) is 4.08. The number of rotatable bonds is 4. The number of ether oxygens (including phenoxy) is 2. The Labute approximate surface area is 159 Å². The van der Waals surface area contributed by atoms with E-state index >= 15 is 0 Å². The molecule has 1 atom stereocenters. The zero-order valence-electron chi connectivity index (χ0n) is 15.0. The summed E-state index contributed by atoms with van der Waals surface area (Å²) in [6, 6.07) is 5.58. The minimum absolute atomic E-state index is 0.106. The summed E-state index contributed by atoms with van der Waals surface area (Å²) < 4.78 is 11.5. The number of halogens is 1. The van der Waals surface area contributed by atoms with Crippen LogP contribution in [0.4, 0.5) is 10.5 Å². The molecule has 2 aliphatic heterocycles. The average Bonchev–Trinajstić information content (AvgIpc) is 2.61. The van der Waals surface area contributed by atoms with E-state index in [1.54, 1.807) is 12.1 Å². The Morgan fingerprint density at radius 1 is 1.31 bits per heavy atom. The molecule has 7 heteroatoms. The van der Waals surface area contributed by atoms with E-state index < -0.39 is 0 Å². The molecule has 1 saturated carbocycles. The number of nitrogens with one attached hydrogen (secondary N) is 1. The molecular weight excluding hydrogens is 354 g/mol. The number of benzene rings is 1. The van der Waals surface area contributed by atoms with Crippen molar-refractivity contribution in [1.29, 1.82) is 0 Å². The molecule has 6 nitrogen and oxygen atoms in total. The fourth-order valence-corrected chi connectivity index (χ4v) is 3.89. The van der Waals surface area contributed by atoms with Crippen LogP contribution in [0.5, 0.6) is 5.75 Å². The number of piperazine rings is 1. The van der Waals surface area contributed by atoms with Crippen LogP contribution in [-0.2, 0) is 4.74 Å². The lowest BCUT2D eigenvalue weighted by molar-refractivity contribution is -0.0355. The predicted octanol–water partition coefficient (Wildman–Crippen LogP) is 3.07. The summed E-state index contributed by atoms with van der Waals surface area (Å²) in [5, 5.41) is 3.58. The molecule has 1 unspecified atom stereocenters. The molecule has 2 amide bonds. The quantitative estimate of drug-likeness (QED) is 0.873. The molecule has 0 spiro atoms. The number of urea groups is 1. The standard InChI is InChI=1S/C19H26ClN3O3/c20-15-4-5-18(26-12-14-2-1-3-14)17(10-15)21-19(24)23-7-6-22-8-9-25-13-16(22)11-23/h4-5,10,14,16H,1-3,6-9,11-13H2,(H,21,24). The highest BCUT2D eigenvalue weighted by Gasteiger charge is 2.32. The maximum Gasteiger partial charge on any atom is 0.322 e. The Morgan fingerprint density at radius 3 is 3.00 bits per heavy atom. The summed E-state index contributed by atoms with van der Waals surface area (Å²) in [5.74, 6) is 1.32. The summed E-state index contributed by atoms with van der Waals surface area (Å²) in [4.78, 5) is 17.0. The molecular formula is C19H26ClN3O3. The Morgan fingerprint density at radius 2 is 2.19 bits per heavy atom. The number of amides is 2. The number of hydrogen-bond donors (Lipinski definition) is 1. The molecule has 26 heavy (non-hydrogen) atoms. The fraction of sp³-hybridized carbons (Fsp3) is 0.632. The molecule has 3 fully saturated rings. The Bertz CT molecular complexity index is 653. The van der Waals surface area contributed by atoms with Crippen molar-refractivity contribution in [3.05, 3.63) is 23.2 Å². The van der Waals surface area contributed by atoms with Gasteiger partial charge in [-0.05, 0) is 37.0 Å². The molecule has 1 aromatic rings. The van der Waals surface area contributed by atoms with Gasteiger partial charge in [-0.3, -0.25) is 4.90 Å². The lowest BCUT2D eigenvalue weighted by Crippen LogP contribution is -2.59. The van der Waals surface area contributed by atoms with Gasteiger partial charge in [0.05, 0.1) is 31.5 Å². The van der Waals surface area contributed by atoms with Crippen molar-refractivity contribution in [3.63, 3.8) is 0 Å². The summed E-state index contributed by atoms with van der Waals surface area (Å²) in [6.45, 7) is 5.42. The first-order valence-electron chi connectivity index (χ1n) is 9.49. The molecule has 2 saturated heterocycles. The second-order valence-corrected chi connectivity index (χ2v) is 7.83. The van der Waals surface area contributed by atoms with Crippen LogP contribution in [0.15, 0.2) is 18.2 Å². The van der Waals surface area contributed by atoms with Gasteiger partial charge in [0, 0.05) is 31.2 Å². The minimum Gasteiger partial charge on any atom is -0.491 e. The highest BCUT2D eigenvalue weighted by atomic mass is 35.5. The van der Waals surface area contributed by atoms with Crippen molar-refractivity contribution in [3.8, 4) is 5.75 Å². The van der Waals surface area contributed by atoms with Gasteiger partial charge in [-0.15, -0.1) is 0 Å². The fourth-order valence-electron chi connectivity index (χ4n) is 3.72. The van der Waals surface area contributed by atoms with E-state index in [2.05, 4.69) is 10.2 Å². The Hall–Kier alpha value is -1.50. The van der Waals surface area contributed by atoms with Gasteiger partial charge in [-0.1, -0.05) is 18.0 Å². The lowest BCUT2D eigenvalue weighted by Gasteiger charge is -2.43. The topological polar surface area (TPSA) is 54.0 Å². The number of morpholine rings is 1. The average molecular weight is 380 g/mol. The minimum atomic E-state index is -0.106. The second kappa shape index (κ2) is 8.03. The van der Waals surface area contributed by atoms with Crippen molar-refractivity contribution in [2.45, 2.75) is 25.3 Å². The molecule has 0 bridgehead atoms. The number of hydrogen-bond acceptors (Lipinski definition) is 4. The van der Waals surface area contributed by atoms with Gasteiger partial charge in [0.15, 0.2) is 0 Å².